The minimum absolute atomic E-state index is 0.132. The Kier molecular flexibility index (Phi) is 14.3. The Balaban J connectivity index is 3.93. The van der Waals surface area contributed by atoms with E-state index in [1.54, 1.807) is 0 Å². The number of hydrogen-bond donors (Lipinski definition) is 2. The van der Waals surface area contributed by atoms with Crippen molar-refractivity contribution in [1.29, 1.82) is 0 Å². The van der Waals surface area contributed by atoms with Crippen LogP contribution >= 0.6 is 0 Å². The summed E-state index contributed by atoms with van der Waals surface area (Å²) >= 11 is 0. The Morgan fingerprint density at radius 2 is 1.08 bits per heavy atom. The highest BCUT2D eigenvalue weighted by atomic mass is 16.5. The van der Waals surface area contributed by atoms with Crippen LogP contribution in [0, 0.1) is 11.8 Å². The predicted octanol–water partition coefficient (Wildman–Crippen LogP) is 2.90. The van der Waals surface area contributed by atoms with Crippen LogP contribution in [0.5, 0.6) is 0 Å². The van der Waals surface area contributed by atoms with E-state index in [-0.39, 0.29) is 24.0 Å². The number of esters is 2. The van der Waals surface area contributed by atoms with E-state index in [9.17, 15) is 9.59 Å². The molecular weight excluding hydrogens is 332 g/mol. The van der Waals surface area contributed by atoms with Crippen molar-refractivity contribution < 1.29 is 19.1 Å². The zero-order valence-corrected chi connectivity index (χ0v) is 17.6. The van der Waals surface area contributed by atoms with Crippen LogP contribution in [-0.4, -0.2) is 50.3 Å². The molecule has 0 fully saturated rings. The van der Waals surface area contributed by atoms with Crippen LogP contribution in [0.15, 0.2) is 0 Å². The van der Waals surface area contributed by atoms with Crippen molar-refractivity contribution in [3.8, 4) is 0 Å². The second-order valence-corrected chi connectivity index (χ2v) is 7.68. The fourth-order valence-electron chi connectivity index (χ4n) is 2.37. The summed E-state index contributed by atoms with van der Waals surface area (Å²) in [5, 5.41) is 6.80. The normalized spacial score (nSPS) is 13.7. The third kappa shape index (κ3) is 14.1. The molecule has 0 saturated heterocycles. The van der Waals surface area contributed by atoms with Gasteiger partial charge >= 0.3 is 11.9 Å². The molecule has 26 heavy (non-hydrogen) atoms. The van der Waals surface area contributed by atoms with E-state index < -0.39 is 0 Å². The van der Waals surface area contributed by atoms with Gasteiger partial charge in [0.25, 0.3) is 0 Å². The van der Waals surface area contributed by atoms with E-state index in [1.807, 2.05) is 27.7 Å². The lowest BCUT2D eigenvalue weighted by Gasteiger charge is -2.20. The Labute approximate surface area is 159 Å². The van der Waals surface area contributed by atoms with Crippen molar-refractivity contribution in [2.75, 3.05) is 26.3 Å². The van der Waals surface area contributed by atoms with Gasteiger partial charge in [0.1, 0.15) is 13.2 Å². The fourth-order valence-corrected chi connectivity index (χ4v) is 2.37. The standard InChI is InChI=1S/C20H40N2O4/c1-7-17(13-25-19(23)11-15(3)4)21-9-10-22-18(8-2)14-26-20(24)12-16(5)6/h15-18,21-22H,7-14H2,1-6H3/t17-,18-/m0/s1. The van der Waals surface area contributed by atoms with Crippen LogP contribution in [0.2, 0.25) is 0 Å². The minimum Gasteiger partial charge on any atom is -0.464 e. The van der Waals surface area contributed by atoms with Crippen molar-refractivity contribution in [2.24, 2.45) is 11.8 Å². The van der Waals surface area contributed by atoms with Crippen LogP contribution in [0.25, 0.3) is 0 Å². The zero-order valence-electron chi connectivity index (χ0n) is 17.6. The Hall–Kier alpha value is -1.14. The molecule has 0 spiro atoms. The molecule has 0 aliphatic carbocycles. The van der Waals surface area contributed by atoms with Gasteiger partial charge in [-0.25, -0.2) is 0 Å². The smallest absolute Gasteiger partial charge is 0.306 e. The fraction of sp³-hybridized carbons (Fsp3) is 0.900. The molecule has 0 amide bonds. The molecule has 6 heteroatoms. The lowest BCUT2D eigenvalue weighted by molar-refractivity contribution is -0.146. The summed E-state index contributed by atoms with van der Waals surface area (Å²) in [5.74, 6) is 0.376. The molecular formula is C20H40N2O4. The maximum absolute atomic E-state index is 11.6. The average Bonchev–Trinajstić information content (AvgIpc) is 2.55. The van der Waals surface area contributed by atoms with Crippen LogP contribution in [0.3, 0.4) is 0 Å². The van der Waals surface area contributed by atoms with E-state index in [4.69, 9.17) is 9.47 Å². The lowest BCUT2D eigenvalue weighted by Crippen LogP contribution is -2.42. The summed E-state index contributed by atoms with van der Waals surface area (Å²) in [5.41, 5.74) is 0. The SMILES string of the molecule is CC[C@@H](COC(=O)CC(C)C)NCCN[C@@H](CC)COC(=O)CC(C)C. The number of carbonyl (C=O) groups is 2. The molecule has 0 aromatic carbocycles. The van der Waals surface area contributed by atoms with Crippen molar-refractivity contribution in [1.82, 2.24) is 10.6 Å². The quantitative estimate of drug-likeness (QED) is 0.340. The molecule has 2 atom stereocenters. The summed E-state index contributed by atoms with van der Waals surface area (Å²) in [6.07, 6.45) is 2.73. The Morgan fingerprint density at radius 1 is 0.731 bits per heavy atom. The van der Waals surface area contributed by atoms with Crippen LogP contribution in [0.1, 0.15) is 67.2 Å². The van der Waals surface area contributed by atoms with Crippen molar-refractivity contribution in [3.63, 3.8) is 0 Å². The van der Waals surface area contributed by atoms with Crippen molar-refractivity contribution in [3.05, 3.63) is 0 Å². The van der Waals surface area contributed by atoms with E-state index in [0.717, 1.165) is 25.9 Å². The molecule has 0 aromatic rings. The van der Waals surface area contributed by atoms with Gasteiger partial charge in [0.05, 0.1) is 0 Å². The summed E-state index contributed by atoms with van der Waals surface area (Å²) in [6, 6.07) is 0.328. The van der Waals surface area contributed by atoms with E-state index in [1.165, 1.54) is 0 Å². The molecule has 0 rings (SSSR count). The van der Waals surface area contributed by atoms with Crippen LogP contribution in [0.4, 0.5) is 0 Å². The Morgan fingerprint density at radius 3 is 1.35 bits per heavy atom. The van der Waals surface area contributed by atoms with Crippen molar-refractivity contribution >= 4 is 11.9 Å². The highest BCUT2D eigenvalue weighted by Crippen LogP contribution is 2.03. The van der Waals surface area contributed by atoms with Gasteiger partial charge in [0.2, 0.25) is 0 Å². The van der Waals surface area contributed by atoms with Crippen molar-refractivity contribution in [2.45, 2.75) is 79.3 Å². The van der Waals surface area contributed by atoms with E-state index in [2.05, 4.69) is 24.5 Å². The number of rotatable bonds is 15. The number of ether oxygens (including phenoxy) is 2. The summed E-state index contributed by atoms with van der Waals surface area (Å²) in [6.45, 7) is 14.5. The zero-order chi connectivity index (χ0) is 19.9. The molecule has 0 radical (unpaired) electrons. The monoisotopic (exact) mass is 372 g/mol. The molecule has 0 aliphatic heterocycles. The predicted molar refractivity (Wildman–Crippen MR) is 105 cm³/mol. The van der Waals surface area contributed by atoms with Gasteiger partial charge in [-0.2, -0.15) is 0 Å². The molecule has 154 valence electrons. The van der Waals surface area contributed by atoms with Crippen LogP contribution < -0.4 is 10.6 Å². The first-order chi connectivity index (χ1) is 12.3. The van der Waals surface area contributed by atoms with Gasteiger partial charge in [0, 0.05) is 38.0 Å². The third-order valence-electron chi connectivity index (χ3n) is 4.02. The lowest BCUT2D eigenvalue weighted by atomic mass is 10.1. The van der Waals surface area contributed by atoms with Gasteiger partial charge in [-0.3, -0.25) is 9.59 Å². The van der Waals surface area contributed by atoms with Crippen LogP contribution in [-0.2, 0) is 19.1 Å². The second-order valence-electron chi connectivity index (χ2n) is 7.68. The highest BCUT2D eigenvalue weighted by Gasteiger charge is 2.13. The summed E-state index contributed by atoms with van der Waals surface area (Å²) in [4.78, 5) is 23.2. The van der Waals surface area contributed by atoms with E-state index >= 15 is 0 Å². The largest absolute Gasteiger partial charge is 0.464 e. The number of hydrogen-bond acceptors (Lipinski definition) is 6. The van der Waals surface area contributed by atoms with Gasteiger partial charge < -0.3 is 20.1 Å². The van der Waals surface area contributed by atoms with Gasteiger partial charge in [0.15, 0.2) is 0 Å². The first-order valence-corrected chi connectivity index (χ1v) is 10.1. The number of nitrogens with one attached hydrogen (secondary N) is 2. The number of carbonyl (C=O) groups excluding carboxylic acids is 2. The van der Waals surface area contributed by atoms with Gasteiger partial charge in [-0.05, 0) is 24.7 Å². The molecule has 0 unspecified atom stereocenters. The molecule has 0 aromatic heterocycles. The van der Waals surface area contributed by atoms with Gasteiger partial charge in [-0.1, -0.05) is 41.5 Å². The molecule has 2 N–H and O–H groups in total. The molecule has 0 heterocycles. The molecule has 0 bridgehead atoms. The maximum atomic E-state index is 11.6. The minimum atomic E-state index is -0.132. The first-order valence-electron chi connectivity index (χ1n) is 10.1. The first kappa shape index (κ1) is 24.9. The Bertz CT molecular complexity index is 350. The topological polar surface area (TPSA) is 76.7 Å². The maximum Gasteiger partial charge on any atom is 0.306 e. The van der Waals surface area contributed by atoms with Gasteiger partial charge in [-0.15, -0.1) is 0 Å². The summed E-state index contributed by atoms with van der Waals surface area (Å²) < 4.78 is 10.6. The molecule has 0 saturated carbocycles. The average molecular weight is 373 g/mol. The molecule has 6 nitrogen and oxygen atoms in total. The third-order valence-corrected chi connectivity index (χ3v) is 4.02. The summed E-state index contributed by atoms with van der Waals surface area (Å²) in [7, 11) is 0. The second kappa shape index (κ2) is 15.0. The highest BCUT2D eigenvalue weighted by molar-refractivity contribution is 5.69. The molecule has 0 aliphatic rings. The van der Waals surface area contributed by atoms with E-state index in [0.29, 0.717) is 37.9 Å².